The molecular weight excluding hydrogens is 364 g/mol. The van der Waals surface area contributed by atoms with Crippen molar-refractivity contribution in [3.63, 3.8) is 0 Å². The van der Waals surface area contributed by atoms with Crippen LogP contribution in [0.3, 0.4) is 0 Å². The number of rotatable bonds is 8. The molecule has 27 heavy (non-hydrogen) atoms. The molecule has 1 fully saturated rings. The van der Waals surface area contributed by atoms with Crippen LogP contribution >= 0.6 is 0 Å². The Balaban J connectivity index is 3.00. The van der Waals surface area contributed by atoms with Crippen molar-refractivity contribution in [2.75, 3.05) is 13.3 Å². The lowest BCUT2D eigenvalue weighted by Gasteiger charge is -2.43. The fraction of sp³-hybridized carbons (Fsp3) is 0.800. The smallest absolute Gasteiger partial charge is 0.246 e. The van der Waals surface area contributed by atoms with E-state index in [4.69, 9.17) is 15.2 Å². The second-order valence-electron chi connectivity index (χ2n) is 6.20. The molecule has 1 rings (SSSR count). The number of amides is 3. The van der Waals surface area contributed by atoms with Crippen LogP contribution < -0.4 is 21.7 Å². The molecule has 1 heterocycles. The van der Waals surface area contributed by atoms with Gasteiger partial charge in [0.05, 0.1) is 19.4 Å². The summed E-state index contributed by atoms with van der Waals surface area (Å²) in [7, 11) is 0. The lowest BCUT2D eigenvalue weighted by atomic mass is 9.96. The minimum absolute atomic E-state index is 0.159. The standard InChI is InChI=1S/C15H28N4O8/c1-6(10(18-7(2)21)14(25)17-5-16)26-15-11(19-8(3)22)13(24)12(23)9(4-20)27-15/h6,9-13,15,20,23-24H,4-5,16H2,1-3H3,(H,17,25)(H,18,21)(H,19,22)/t6-,9+,10?,11?,12?,13?,15-/m1/s1. The lowest BCUT2D eigenvalue weighted by molar-refractivity contribution is -0.281. The third-order valence-electron chi connectivity index (χ3n) is 3.99. The summed E-state index contributed by atoms with van der Waals surface area (Å²) in [5.41, 5.74) is 5.28. The maximum absolute atomic E-state index is 12.1. The van der Waals surface area contributed by atoms with Crippen molar-refractivity contribution in [3.8, 4) is 0 Å². The second kappa shape index (κ2) is 10.5. The van der Waals surface area contributed by atoms with Crippen LogP contribution in [0.1, 0.15) is 20.8 Å². The SMILES string of the molecule is CC(=O)NC1C(O)C(O)[C@H](CO)O[C@H]1O[C@H](C)C(NC(C)=O)C(=O)NCN. The molecule has 0 aromatic heterocycles. The van der Waals surface area contributed by atoms with E-state index in [0.29, 0.717) is 0 Å². The summed E-state index contributed by atoms with van der Waals surface area (Å²) in [5, 5.41) is 36.7. The fourth-order valence-electron chi connectivity index (χ4n) is 2.70. The molecule has 1 aliphatic heterocycles. The molecule has 0 spiro atoms. The third kappa shape index (κ3) is 6.37. The molecular formula is C15H28N4O8. The van der Waals surface area contributed by atoms with E-state index in [1.54, 1.807) is 0 Å². The van der Waals surface area contributed by atoms with Gasteiger partial charge >= 0.3 is 0 Å². The van der Waals surface area contributed by atoms with Crippen molar-refractivity contribution in [2.24, 2.45) is 5.73 Å². The Morgan fingerprint density at radius 3 is 2.30 bits per heavy atom. The van der Waals surface area contributed by atoms with E-state index in [-0.39, 0.29) is 6.67 Å². The number of aliphatic hydroxyl groups is 3. The summed E-state index contributed by atoms with van der Waals surface area (Å²) in [5.74, 6) is -1.61. The predicted octanol–water partition coefficient (Wildman–Crippen LogP) is -4.13. The highest BCUT2D eigenvalue weighted by Crippen LogP contribution is 2.23. The molecule has 0 saturated carbocycles. The molecule has 1 aliphatic rings. The number of nitrogens with two attached hydrogens (primary N) is 1. The van der Waals surface area contributed by atoms with Crippen molar-refractivity contribution >= 4 is 17.7 Å². The first kappa shape index (κ1) is 23.2. The molecule has 0 aromatic rings. The van der Waals surface area contributed by atoms with Crippen LogP contribution in [-0.2, 0) is 23.9 Å². The maximum atomic E-state index is 12.1. The Labute approximate surface area is 156 Å². The first-order chi connectivity index (χ1) is 12.6. The number of carbonyl (C=O) groups is 3. The van der Waals surface area contributed by atoms with E-state index in [9.17, 15) is 29.7 Å². The number of ether oxygens (including phenoxy) is 2. The third-order valence-corrected chi connectivity index (χ3v) is 3.99. The number of aliphatic hydroxyl groups excluding tert-OH is 3. The lowest BCUT2D eigenvalue weighted by Crippen LogP contribution is -2.66. The Morgan fingerprint density at radius 2 is 1.81 bits per heavy atom. The summed E-state index contributed by atoms with van der Waals surface area (Å²) in [6, 6.07) is -2.30. The highest BCUT2D eigenvalue weighted by molar-refractivity contribution is 5.87. The van der Waals surface area contributed by atoms with E-state index in [1.807, 2.05) is 0 Å². The quantitative estimate of drug-likeness (QED) is 0.201. The zero-order chi connectivity index (χ0) is 20.7. The molecule has 4 unspecified atom stereocenters. The largest absolute Gasteiger partial charge is 0.394 e. The van der Waals surface area contributed by atoms with Crippen molar-refractivity contribution in [1.82, 2.24) is 16.0 Å². The zero-order valence-electron chi connectivity index (χ0n) is 15.4. The van der Waals surface area contributed by atoms with E-state index in [0.717, 1.165) is 0 Å². The van der Waals surface area contributed by atoms with Gasteiger partial charge in [-0.15, -0.1) is 0 Å². The molecule has 156 valence electrons. The van der Waals surface area contributed by atoms with E-state index < -0.39 is 67.1 Å². The van der Waals surface area contributed by atoms with Crippen molar-refractivity contribution in [1.29, 1.82) is 0 Å². The number of carbonyl (C=O) groups excluding carboxylic acids is 3. The Hall–Kier alpha value is -1.83. The molecule has 8 N–H and O–H groups in total. The van der Waals surface area contributed by atoms with Gasteiger partial charge in [-0.3, -0.25) is 14.4 Å². The highest BCUT2D eigenvalue weighted by Gasteiger charge is 2.46. The molecule has 0 aliphatic carbocycles. The molecule has 1 saturated heterocycles. The number of hydrogen-bond donors (Lipinski definition) is 7. The summed E-state index contributed by atoms with van der Waals surface area (Å²) in [6.45, 7) is 3.12. The maximum Gasteiger partial charge on any atom is 0.246 e. The summed E-state index contributed by atoms with van der Waals surface area (Å²) < 4.78 is 11.1. The van der Waals surface area contributed by atoms with Gasteiger partial charge in [-0.1, -0.05) is 0 Å². The van der Waals surface area contributed by atoms with Crippen LogP contribution in [0.25, 0.3) is 0 Å². The van der Waals surface area contributed by atoms with Gasteiger partial charge in [-0.2, -0.15) is 0 Å². The van der Waals surface area contributed by atoms with Crippen LogP contribution in [0.5, 0.6) is 0 Å². The first-order valence-corrected chi connectivity index (χ1v) is 8.42. The van der Waals surface area contributed by atoms with Gasteiger partial charge in [0.2, 0.25) is 17.7 Å². The van der Waals surface area contributed by atoms with Gasteiger partial charge in [0.15, 0.2) is 6.29 Å². The monoisotopic (exact) mass is 392 g/mol. The van der Waals surface area contributed by atoms with Crippen LogP contribution in [0.15, 0.2) is 0 Å². The van der Waals surface area contributed by atoms with Crippen LogP contribution in [0, 0.1) is 0 Å². The van der Waals surface area contributed by atoms with E-state index >= 15 is 0 Å². The van der Waals surface area contributed by atoms with Gasteiger partial charge in [0.25, 0.3) is 0 Å². The normalized spacial score (nSPS) is 30.1. The molecule has 12 heteroatoms. The first-order valence-electron chi connectivity index (χ1n) is 8.42. The summed E-state index contributed by atoms with van der Waals surface area (Å²) >= 11 is 0. The molecule has 0 radical (unpaired) electrons. The summed E-state index contributed by atoms with van der Waals surface area (Å²) in [4.78, 5) is 34.9. The Bertz CT molecular complexity index is 534. The molecule has 12 nitrogen and oxygen atoms in total. The Morgan fingerprint density at radius 1 is 1.19 bits per heavy atom. The predicted molar refractivity (Wildman–Crippen MR) is 90.7 cm³/mol. The van der Waals surface area contributed by atoms with Crippen LogP contribution in [-0.4, -0.2) is 89.1 Å². The topological polar surface area (TPSA) is 192 Å². The number of hydrogen-bond acceptors (Lipinski definition) is 9. The fourth-order valence-corrected chi connectivity index (χ4v) is 2.70. The van der Waals surface area contributed by atoms with E-state index in [1.165, 1.54) is 20.8 Å². The minimum atomic E-state index is -1.49. The minimum Gasteiger partial charge on any atom is -0.394 e. The highest BCUT2D eigenvalue weighted by atomic mass is 16.7. The van der Waals surface area contributed by atoms with Gasteiger partial charge in [-0.25, -0.2) is 0 Å². The molecule has 7 atom stereocenters. The Kier molecular flexibility index (Phi) is 9.02. The van der Waals surface area contributed by atoms with Crippen LogP contribution in [0.2, 0.25) is 0 Å². The zero-order valence-corrected chi connectivity index (χ0v) is 15.4. The van der Waals surface area contributed by atoms with Gasteiger partial charge in [0, 0.05) is 13.8 Å². The van der Waals surface area contributed by atoms with Gasteiger partial charge < -0.3 is 46.5 Å². The number of nitrogens with one attached hydrogen (secondary N) is 3. The van der Waals surface area contributed by atoms with Crippen LogP contribution in [0.4, 0.5) is 0 Å². The van der Waals surface area contributed by atoms with Crippen molar-refractivity contribution in [2.45, 2.75) is 63.6 Å². The molecule has 0 aromatic carbocycles. The van der Waals surface area contributed by atoms with Gasteiger partial charge in [0.1, 0.15) is 30.4 Å². The van der Waals surface area contributed by atoms with Crippen molar-refractivity contribution in [3.05, 3.63) is 0 Å². The average molecular weight is 392 g/mol. The molecule has 0 bridgehead atoms. The van der Waals surface area contributed by atoms with E-state index in [2.05, 4.69) is 16.0 Å². The summed E-state index contributed by atoms with van der Waals surface area (Å²) in [6.07, 6.45) is -6.40. The molecule has 3 amide bonds. The average Bonchev–Trinajstić information content (AvgIpc) is 2.58. The van der Waals surface area contributed by atoms with Crippen molar-refractivity contribution < 1.29 is 39.2 Å². The second-order valence-corrected chi connectivity index (χ2v) is 6.20. The van der Waals surface area contributed by atoms with Gasteiger partial charge in [-0.05, 0) is 6.92 Å².